The molecule has 0 aliphatic heterocycles. The summed E-state index contributed by atoms with van der Waals surface area (Å²) in [5, 5.41) is 16.6. The monoisotopic (exact) mass is 554 g/mol. The van der Waals surface area contributed by atoms with Gasteiger partial charge in [0.05, 0.1) is 17.8 Å². The number of halogens is 2. The Balaban J connectivity index is 0.000000263. The van der Waals surface area contributed by atoms with Crippen LogP contribution < -0.4 is 5.32 Å². The molecule has 0 amide bonds. The molecular weight excluding hydrogens is 514 g/mol. The summed E-state index contributed by atoms with van der Waals surface area (Å²) >= 11 is 0. The zero-order valence-corrected chi connectivity index (χ0v) is 23.3. The lowest BCUT2D eigenvalue weighted by Crippen LogP contribution is -2.05. The first-order chi connectivity index (χ1) is 19.3. The Morgan fingerprint density at radius 1 is 1.00 bits per heavy atom. The van der Waals surface area contributed by atoms with E-state index in [1.54, 1.807) is 23.0 Å². The molecule has 1 aromatic carbocycles. The Kier molecular flexibility index (Phi) is 12.0. The number of hydrogen-bond acceptors (Lipinski definition) is 4. The summed E-state index contributed by atoms with van der Waals surface area (Å²) in [5.74, 6) is -2.90. The largest absolute Gasteiger partial charge is 0.478 e. The van der Waals surface area contributed by atoms with Crippen molar-refractivity contribution in [3.8, 4) is 11.3 Å². The molecule has 0 bridgehead atoms. The van der Waals surface area contributed by atoms with Gasteiger partial charge in [0.15, 0.2) is 5.76 Å². The van der Waals surface area contributed by atoms with Crippen LogP contribution >= 0.6 is 0 Å². The summed E-state index contributed by atoms with van der Waals surface area (Å²) in [6, 6.07) is 15.7. The van der Waals surface area contributed by atoms with E-state index in [0.29, 0.717) is 23.6 Å². The minimum absolute atomic E-state index is 0.302. The zero-order valence-electron chi connectivity index (χ0n) is 23.3. The van der Waals surface area contributed by atoms with Crippen LogP contribution in [-0.4, -0.2) is 32.4 Å². The molecule has 0 saturated carbocycles. The van der Waals surface area contributed by atoms with Gasteiger partial charge in [0, 0.05) is 31.9 Å². The lowest BCUT2D eigenvalue weighted by molar-refractivity contribution is -0.00636. The molecule has 3 N–H and O–H groups in total. The van der Waals surface area contributed by atoms with Gasteiger partial charge in [0.25, 0.3) is 0 Å². The lowest BCUT2D eigenvalue weighted by Gasteiger charge is -2.05. The molecule has 0 aliphatic carbocycles. The normalized spacial score (nSPS) is 11.2. The van der Waals surface area contributed by atoms with Gasteiger partial charge in [-0.2, -0.15) is 13.9 Å². The van der Waals surface area contributed by atoms with Crippen LogP contribution in [0.25, 0.3) is 11.3 Å². The van der Waals surface area contributed by atoms with Gasteiger partial charge < -0.3 is 19.8 Å². The maximum Gasteiger partial charge on any atom is 0.337 e. The van der Waals surface area contributed by atoms with Gasteiger partial charge in [-0.3, -0.25) is 4.68 Å². The second-order valence-electron chi connectivity index (χ2n) is 9.89. The summed E-state index contributed by atoms with van der Waals surface area (Å²) in [4.78, 5) is 13.8. The number of H-pyrrole nitrogens is 1. The van der Waals surface area contributed by atoms with Crippen molar-refractivity contribution >= 4 is 11.8 Å². The minimum Gasteiger partial charge on any atom is -0.478 e. The minimum atomic E-state index is -2.95. The molecule has 0 fully saturated rings. The molecule has 7 nitrogen and oxygen atoms in total. The first-order valence-corrected chi connectivity index (χ1v) is 14.0. The number of anilines is 1. The summed E-state index contributed by atoms with van der Waals surface area (Å²) in [6.45, 7) is 4.31. The number of carboxylic acids is 1. The van der Waals surface area contributed by atoms with E-state index in [1.807, 2.05) is 42.6 Å². The maximum atomic E-state index is 13.2. The van der Waals surface area contributed by atoms with Crippen LogP contribution in [0.4, 0.5) is 14.6 Å². The highest BCUT2D eigenvalue weighted by Crippen LogP contribution is 2.28. The third-order valence-corrected chi connectivity index (χ3v) is 6.43. The van der Waals surface area contributed by atoms with Gasteiger partial charge in [0.1, 0.15) is 11.6 Å². The number of carbonyl (C=O) groups is 1. The van der Waals surface area contributed by atoms with Crippen molar-refractivity contribution in [1.29, 1.82) is 0 Å². The fraction of sp³-hybridized carbons (Fsp3) is 0.419. The summed E-state index contributed by atoms with van der Waals surface area (Å²) in [7, 11) is 0. The van der Waals surface area contributed by atoms with Gasteiger partial charge >= 0.3 is 11.9 Å². The number of hydrogen-bond donors (Lipinski definition) is 3. The number of furan rings is 1. The second-order valence-corrected chi connectivity index (χ2v) is 9.89. The third-order valence-electron chi connectivity index (χ3n) is 6.43. The Morgan fingerprint density at radius 2 is 1.70 bits per heavy atom. The number of nitrogens with one attached hydrogen (secondary N) is 2. The molecule has 0 unspecified atom stereocenters. The molecule has 9 heteroatoms. The highest BCUT2D eigenvalue weighted by atomic mass is 19.3. The first kappa shape index (κ1) is 30.7. The number of unbranched alkanes of at least 4 members (excludes halogenated alkanes) is 7. The van der Waals surface area contributed by atoms with Gasteiger partial charge in [0.2, 0.25) is 0 Å². The van der Waals surface area contributed by atoms with Crippen molar-refractivity contribution in [2.24, 2.45) is 0 Å². The number of aromatic nitrogens is 3. The Hall–Kier alpha value is -3.88. The molecule has 0 radical (unpaired) electrons. The van der Waals surface area contributed by atoms with Gasteiger partial charge in [-0.05, 0) is 30.2 Å². The number of aromatic amines is 1. The van der Waals surface area contributed by atoms with Crippen molar-refractivity contribution in [1.82, 2.24) is 14.8 Å². The number of carboxylic acid groups (broad SMARTS) is 1. The van der Waals surface area contributed by atoms with Crippen LogP contribution in [0.15, 0.2) is 71.4 Å². The lowest BCUT2D eigenvalue weighted by atomic mass is 10.1. The summed E-state index contributed by atoms with van der Waals surface area (Å²) in [6.07, 6.45) is 13.8. The molecular formula is C31H40F2N4O3. The Labute approximate surface area is 234 Å². The van der Waals surface area contributed by atoms with Crippen LogP contribution in [-0.2, 0) is 12.5 Å². The fourth-order valence-corrected chi connectivity index (χ4v) is 4.27. The van der Waals surface area contributed by atoms with E-state index in [1.165, 1.54) is 51.0 Å². The Morgan fingerprint density at radius 3 is 2.35 bits per heavy atom. The average Bonchev–Trinajstić information content (AvgIpc) is 3.70. The van der Waals surface area contributed by atoms with E-state index < -0.39 is 11.9 Å². The fourth-order valence-electron chi connectivity index (χ4n) is 4.27. The summed E-state index contributed by atoms with van der Waals surface area (Å²) in [5.41, 5.74) is 1.84. The zero-order chi connectivity index (χ0) is 28.8. The third kappa shape index (κ3) is 10.0. The van der Waals surface area contributed by atoms with E-state index in [2.05, 4.69) is 22.3 Å². The van der Waals surface area contributed by atoms with Gasteiger partial charge in [-0.1, -0.05) is 82.2 Å². The average molecular weight is 555 g/mol. The molecule has 3 aromatic heterocycles. The number of aromatic carboxylic acids is 1. The van der Waals surface area contributed by atoms with Crippen molar-refractivity contribution in [3.63, 3.8) is 0 Å². The van der Waals surface area contributed by atoms with Crippen molar-refractivity contribution in [3.05, 3.63) is 84.1 Å². The molecule has 0 saturated heterocycles. The van der Waals surface area contributed by atoms with E-state index >= 15 is 0 Å². The molecule has 4 aromatic rings. The molecule has 0 atom stereocenters. The number of rotatable bonds is 15. The SMILES string of the molecule is CCCCCCCCCCNc1ccn(Cc2ccc(C(C)(F)F)o2)n1.O=C(O)c1cc[nH]c1-c1ccccc1. The maximum absolute atomic E-state index is 13.2. The predicted molar refractivity (Wildman–Crippen MR) is 154 cm³/mol. The quantitative estimate of drug-likeness (QED) is 0.128. The standard InChI is InChI=1S/C20H31F2N3O.C11H9NO2/c1-3-4-5-6-7-8-9-10-14-23-19-13-15-25(24-19)16-17-11-12-18(26-17)20(2,21)22;13-11(14)9-6-7-12-10(9)8-4-2-1-3-5-8/h11-13,15H,3-10,14,16H2,1-2H3,(H,23,24);1-7,12H,(H,13,14). The van der Waals surface area contributed by atoms with Gasteiger partial charge in [-0.15, -0.1) is 0 Å². The van der Waals surface area contributed by atoms with Crippen LogP contribution in [0, 0.1) is 0 Å². The number of alkyl halides is 2. The number of benzene rings is 1. The first-order valence-electron chi connectivity index (χ1n) is 14.0. The van der Waals surface area contributed by atoms with E-state index in [9.17, 15) is 13.6 Å². The van der Waals surface area contributed by atoms with Crippen LogP contribution in [0.5, 0.6) is 0 Å². The smallest absolute Gasteiger partial charge is 0.337 e. The van der Waals surface area contributed by atoms with Crippen molar-refractivity contribution in [2.45, 2.75) is 77.7 Å². The van der Waals surface area contributed by atoms with Crippen LogP contribution in [0.2, 0.25) is 0 Å². The van der Waals surface area contributed by atoms with Crippen LogP contribution in [0.1, 0.15) is 87.1 Å². The predicted octanol–water partition coefficient (Wildman–Crippen LogP) is 8.57. The molecule has 0 aliphatic rings. The van der Waals surface area contributed by atoms with E-state index in [-0.39, 0.29) is 5.76 Å². The second kappa shape index (κ2) is 15.6. The molecule has 3 heterocycles. The summed E-state index contributed by atoms with van der Waals surface area (Å²) < 4.78 is 33.3. The van der Waals surface area contributed by atoms with Gasteiger partial charge in [-0.25, -0.2) is 4.79 Å². The highest BCUT2D eigenvalue weighted by molar-refractivity contribution is 5.95. The molecule has 4 rings (SSSR count). The molecule has 40 heavy (non-hydrogen) atoms. The van der Waals surface area contributed by atoms with Crippen LogP contribution in [0.3, 0.4) is 0 Å². The highest BCUT2D eigenvalue weighted by Gasteiger charge is 2.28. The molecule has 216 valence electrons. The van der Waals surface area contributed by atoms with E-state index in [4.69, 9.17) is 9.52 Å². The van der Waals surface area contributed by atoms with E-state index in [0.717, 1.165) is 31.3 Å². The number of nitrogens with zero attached hydrogens (tertiary/aromatic N) is 2. The molecule has 0 spiro atoms. The van der Waals surface area contributed by atoms with Crippen molar-refractivity contribution < 1.29 is 23.1 Å². The van der Waals surface area contributed by atoms with Crippen molar-refractivity contribution in [2.75, 3.05) is 11.9 Å². The Bertz CT molecular complexity index is 1270. The topological polar surface area (TPSA) is 96.1 Å².